The molecule has 102 valence electrons. The average Bonchev–Trinajstić information content (AvgIpc) is 2.71. The van der Waals surface area contributed by atoms with Crippen LogP contribution >= 0.6 is 27.3 Å². The van der Waals surface area contributed by atoms with E-state index in [0.29, 0.717) is 16.1 Å². The number of nitrogens with zero attached hydrogens (tertiary/aromatic N) is 2. The van der Waals surface area contributed by atoms with E-state index in [0.717, 1.165) is 15.8 Å². The molecule has 20 heavy (non-hydrogen) atoms. The summed E-state index contributed by atoms with van der Waals surface area (Å²) in [6.07, 6.45) is 1.48. The molecule has 0 aliphatic heterocycles. The SMILES string of the molecule is Cc1sc2ncnc(Oc3ccc(F)c(Br)c3)c2c1C. The number of thiophene rings is 1. The second-order valence-electron chi connectivity index (χ2n) is 4.32. The summed E-state index contributed by atoms with van der Waals surface area (Å²) in [5.41, 5.74) is 1.11. The van der Waals surface area contributed by atoms with E-state index in [-0.39, 0.29) is 5.82 Å². The number of ether oxygens (including phenoxy) is 1. The zero-order chi connectivity index (χ0) is 14.3. The molecular formula is C14H10BrFN2OS. The van der Waals surface area contributed by atoms with Crippen LogP contribution < -0.4 is 4.74 Å². The van der Waals surface area contributed by atoms with Crippen LogP contribution in [0.2, 0.25) is 0 Å². The number of halogens is 2. The number of aryl methyl sites for hydroxylation is 2. The lowest BCUT2D eigenvalue weighted by atomic mass is 10.2. The van der Waals surface area contributed by atoms with Gasteiger partial charge in [0, 0.05) is 4.88 Å². The Morgan fingerprint density at radius 2 is 2.05 bits per heavy atom. The third kappa shape index (κ3) is 2.29. The molecular weight excluding hydrogens is 343 g/mol. The zero-order valence-corrected chi connectivity index (χ0v) is 13.2. The standard InChI is InChI=1S/C14H10BrFN2OS/c1-7-8(2)20-14-12(7)13(17-6-18-14)19-9-3-4-11(16)10(15)5-9/h3-6H,1-2H3. The molecule has 2 aromatic heterocycles. The molecule has 3 rings (SSSR count). The van der Waals surface area contributed by atoms with Crippen LogP contribution in [0.1, 0.15) is 10.4 Å². The second-order valence-corrected chi connectivity index (χ2v) is 6.38. The molecule has 0 fully saturated rings. The van der Waals surface area contributed by atoms with Crippen LogP contribution in [-0.2, 0) is 0 Å². The molecule has 6 heteroatoms. The lowest BCUT2D eigenvalue weighted by Crippen LogP contribution is -1.91. The van der Waals surface area contributed by atoms with Gasteiger partial charge in [-0.05, 0) is 53.5 Å². The maximum absolute atomic E-state index is 13.2. The van der Waals surface area contributed by atoms with Crippen molar-refractivity contribution in [2.24, 2.45) is 0 Å². The Hall–Kier alpha value is -1.53. The van der Waals surface area contributed by atoms with E-state index in [1.807, 2.05) is 13.8 Å². The van der Waals surface area contributed by atoms with Gasteiger partial charge in [0.15, 0.2) is 0 Å². The third-order valence-corrected chi connectivity index (χ3v) is 4.76. The van der Waals surface area contributed by atoms with Crippen LogP contribution in [0, 0.1) is 19.7 Å². The van der Waals surface area contributed by atoms with Crippen molar-refractivity contribution < 1.29 is 9.13 Å². The zero-order valence-electron chi connectivity index (χ0n) is 10.8. The fraction of sp³-hybridized carbons (Fsp3) is 0.143. The molecule has 0 saturated carbocycles. The maximum atomic E-state index is 13.2. The molecule has 2 heterocycles. The van der Waals surface area contributed by atoms with Gasteiger partial charge < -0.3 is 4.74 Å². The molecule has 0 aliphatic rings. The Labute approximate surface area is 127 Å². The molecule has 3 aromatic rings. The summed E-state index contributed by atoms with van der Waals surface area (Å²) in [6, 6.07) is 4.50. The van der Waals surface area contributed by atoms with E-state index in [4.69, 9.17) is 4.74 Å². The number of fused-ring (bicyclic) bond motifs is 1. The van der Waals surface area contributed by atoms with Crippen molar-refractivity contribution in [1.82, 2.24) is 9.97 Å². The van der Waals surface area contributed by atoms with Gasteiger partial charge in [0.2, 0.25) is 5.88 Å². The highest BCUT2D eigenvalue weighted by Crippen LogP contribution is 2.36. The van der Waals surface area contributed by atoms with Crippen molar-refractivity contribution in [3.05, 3.63) is 45.3 Å². The van der Waals surface area contributed by atoms with Gasteiger partial charge in [-0.25, -0.2) is 14.4 Å². The molecule has 1 aromatic carbocycles. The molecule has 0 N–H and O–H groups in total. The van der Waals surface area contributed by atoms with E-state index < -0.39 is 0 Å². The van der Waals surface area contributed by atoms with Crippen molar-refractivity contribution in [3.8, 4) is 11.6 Å². The first-order valence-electron chi connectivity index (χ1n) is 5.90. The van der Waals surface area contributed by atoms with Crippen LogP contribution in [0.3, 0.4) is 0 Å². The van der Waals surface area contributed by atoms with Crippen molar-refractivity contribution in [3.63, 3.8) is 0 Å². The van der Waals surface area contributed by atoms with Gasteiger partial charge >= 0.3 is 0 Å². The molecule has 0 unspecified atom stereocenters. The Kier molecular flexibility index (Phi) is 3.43. The maximum Gasteiger partial charge on any atom is 0.231 e. The molecule has 3 nitrogen and oxygen atoms in total. The number of rotatable bonds is 2. The summed E-state index contributed by atoms with van der Waals surface area (Å²) in [5.74, 6) is 0.699. The van der Waals surface area contributed by atoms with Crippen LogP contribution in [0.15, 0.2) is 29.0 Å². The first kappa shape index (κ1) is 13.5. The Morgan fingerprint density at radius 3 is 2.80 bits per heavy atom. The van der Waals surface area contributed by atoms with Gasteiger partial charge in [-0.1, -0.05) is 0 Å². The summed E-state index contributed by atoms with van der Waals surface area (Å²) in [6.45, 7) is 4.06. The number of benzene rings is 1. The minimum absolute atomic E-state index is 0.326. The number of hydrogen-bond acceptors (Lipinski definition) is 4. The van der Waals surface area contributed by atoms with Crippen LogP contribution in [0.4, 0.5) is 4.39 Å². The highest BCUT2D eigenvalue weighted by atomic mass is 79.9. The predicted molar refractivity (Wildman–Crippen MR) is 81.1 cm³/mol. The van der Waals surface area contributed by atoms with Gasteiger partial charge in [0.25, 0.3) is 0 Å². The van der Waals surface area contributed by atoms with Crippen molar-refractivity contribution in [2.45, 2.75) is 13.8 Å². The van der Waals surface area contributed by atoms with E-state index in [9.17, 15) is 4.39 Å². The topological polar surface area (TPSA) is 35.0 Å². The Balaban J connectivity index is 2.08. The second kappa shape index (κ2) is 5.10. The molecule has 0 aliphatic carbocycles. The van der Waals surface area contributed by atoms with E-state index in [2.05, 4.69) is 25.9 Å². The number of hydrogen-bond donors (Lipinski definition) is 0. The molecule has 0 saturated heterocycles. The largest absolute Gasteiger partial charge is 0.438 e. The van der Waals surface area contributed by atoms with Gasteiger partial charge in [-0.15, -0.1) is 11.3 Å². The first-order chi connectivity index (χ1) is 9.56. The monoisotopic (exact) mass is 352 g/mol. The third-order valence-electron chi connectivity index (χ3n) is 3.04. The highest BCUT2D eigenvalue weighted by molar-refractivity contribution is 9.10. The summed E-state index contributed by atoms with van der Waals surface area (Å²) < 4.78 is 19.4. The van der Waals surface area contributed by atoms with Crippen LogP contribution in [0.5, 0.6) is 11.6 Å². The molecule has 0 bridgehead atoms. The fourth-order valence-electron chi connectivity index (χ4n) is 1.88. The van der Waals surface area contributed by atoms with Crippen LogP contribution in [-0.4, -0.2) is 9.97 Å². The molecule has 0 amide bonds. The molecule has 0 radical (unpaired) electrons. The summed E-state index contributed by atoms with van der Waals surface area (Å²) >= 11 is 4.75. The molecule has 0 spiro atoms. The Bertz CT molecular complexity index is 803. The Morgan fingerprint density at radius 1 is 1.25 bits per heavy atom. The van der Waals surface area contributed by atoms with Crippen molar-refractivity contribution in [2.75, 3.05) is 0 Å². The summed E-state index contributed by atoms with van der Waals surface area (Å²) in [5, 5.41) is 0.912. The minimum Gasteiger partial charge on any atom is -0.438 e. The van der Waals surface area contributed by atoms with Gasteiger partial charge in [-0.3, -0.25) is 0 Å². The van der Waals surface area contributed by atoms with E-state index in [1.165, 1.54) is 17.3 Å². The predicted octanol–water partition coefficient (Wildman–Crippen LogP) is 5.00. The van der Waals surface area contributed by atoms with Crippen LogP contribution in [0.25, 0.3) is 10.2 Å². The summed E-state index contributed by atoms with van der Waals surface area (Å²) in [4.78, 5) is 10.5. The van der Waals surface area contributed by atoms with Crippen molar-refractivity contribution in [1.29, 1.82) is 0 Å². The highest BCUT2D eigenvalue weighted by Gasteiger charge is 2.14. The normalized spacial score (nSPS) is 11.0. The lowest BCUT2D eigenvalue weighted by molar-refractivity contribution is 0.465. The van der Waals surface area contributed by atoms with E-state index in [1.54, 1.807) is 23.5 Å². The average molecular weight is 353 g/mol. The quantitative estimate of drug-likeness (QED) is 0.650. The lowest BCUT2D eigenvalue weighted by Gasteiger charge is -2.07. The van der Waals surface area contributed by atoms with Crippen molar-refractivity contribution >= 4 is 37.5 Å². The summed E-state index contributed by atoms with van der Waals surface area (Å²) in [7, 11) is 0. The first-order valence-corrected chi connectivity index (χ1v) is 7.51. The fourth-order valence-corrected chi connectivity index (χ4v) is 3.22. The van der Waals surface area contributed by atoms with Gasteiger partial charge in [-0.2, -0.15) is 0 Å². The van der Waals surface area contributed by atoms with Gasteiger partial charge in [0.05, 0.1) is 9.86 Å². The van der Waals surface area contributed by atoms with E-state index >= 15 is 0 Å². The number of aromatic nitrogens is 2. The minimum atomic E-state index is -0.326. The smallest absolute Gasteiger partial charge is 0.231 e. The van der Waals surface area contributed by atoms with Gasteiger partial charge in [0.1, 0.15) is 22.7 Å². The molecule has 0 atom stereocenters.